The Morgan fingerprint density at radius 2 is 1.56 bits per heavy atom. The molecule has 0 radical (unpaired) electrons. The summed E-state index contributed by atoms with van der Waals surface area (Å²) < 4.78 is 19.2. The molecule has 48 heavy (non-hydrogen) atoms. The number of esters is 1. The molecule has 6 aromatic rings. The van der Waals surface area contributed by atoms with Crippen LogP contribution in [0.4, 0.5) is 0 Å². The average molecular weight is 653 g/mol. The molecule has 8 heteroatoms. The van der Waals surface area contributed by atoms with Gasteiger partial charge in [-0.05, 0) is 64.7 Å². The van der Waals surface area contributed by atoms with Crippen LogP contribution in [-0.4, -0.2) is 24.3 Å². The Kier molecular flexibility index (Phi) is 8.72. The maximum absolute atomic E-state index is 14.2. The van der Waals surface area contributed by atoms with Gasteiger partial charge in [-0.15, -0.1) is 0 Å². The summed E-state index contributed by atoms with van der Waals surface area (Å²) in [4.78, 5) is 33.2. The number of hydrogen-bond acceptors (Lipinski definition) is 7. The van der Waals surface area contributed by atoms with Crippen LogP contribution in [0.15, 0.2) is 137 Å². The van der Waals surface area contributed by atoms with Crippen LogP contribution in [0.25, 0.3) is 22.5 Å². The van der Waals surface area contributed by atoms with Crippen LogP contribution >= 0.6 is 11.3 Å². The Hall–Kier alpha value is -5.73. The molecule has 7 nitrogen and oxygen atoms in total. The highest BCUT2D eigenvalue weighted by Gasteiger charge is 2.35. The van der Waals surface area contributed by atoms with Gasteiger partial charge in [0.2, 0.25) is 0 Å². The molecule has 1 aromatic heterocycles. The van der Waals surface area contributed by atoms with Gasteiger partial charge in [-0.1, -0.05) is 108 Å². The number of aromatic nitrogens is 1. The van der Waals surface area contributed by atoms with E-state index >= 15 is 0 Å². The molecule has 2 heterocycles. The number of benzene rings is 5. The van der Waals surface area contributed by atoms with Crippen molar-refractivity contribution >= 4 is 39.9 Å². The number of carbonyl (C=O) groups excluding carboxylic acids is 1. The zero-order chi connectivity index (χ0) is 33.0. The first kappa shape index (κ1) is 30.9. The summed E-state index contributed by atoms with van der Waals surface area (Å²) in [6.45, 7) is 2.39. The fourth-order valence-corrected chi connectivity index (χ4v) is 6.93. The predicted molar refractivity (Wildman–Crippen MR) is 189 cm³/mol. The molecule has 238 valence electrons. The van der Waals surface area contributed by atoms with Crippen LogP contribution in [0.3, 0.4) is 0 Å². The molecule has 0 unspecified atom stereocenters. The molecule has 0 bridgehead atoms. The average Bonchev–Trinajstić information content (AvgIpc) is 3.44. The number of ether oxygens (including phenoxy) is 3. The largest absolute Gasteiger partial charge is 0.497 e. The second kappa shape index (κ2) is 13.6. The van der Waals surface area contributed by atoms with E-state index in [1.165, 1.54) is 22.1 Å². The lowest BCUT2D eigenvalue weighted by Gasteiger charge is -2.26. The van der Waals surface area contributed by atoms with E-state index in [1.54, 1.807) is 18.6 Å². The lowest BCUT2D eigenvalue weighted by atomic mass is 9.93. The maximum Gasteiger partial charge on any atom is 0.338 e. The topological polar surface area (TPSA) is 79.1 Å². The molecule has 1 atom stereocenters. The molecule has 0 saturated carbocycles. The second-order valence-electron chi connectivity index (χ2n) is 11.2. The number of thiazole rings is 1. The smallest absolute Gasteiger partial charge is 0.338 e. The van der Waals surface area contributed by atoms with Crippen molar-refractivity contribution in [3.05, 3.63) is 169 Å². The van der Waals surface area contributed by atoms with Crippen molar-refractivity contribution in [2.45, 2.75) is 19.6 Å². The number of rotatable bonds is 9. The number of nitrogens with zero attached hydrogens (tertiary/aromatic N) is 2. The van der Waals surface area contributed by atoms with Crippen molar-refractivity contribution in [2.24, 2.45) is 4.99 Å². The van der Waals surface area contributed by atoms with Gasteiger partial charge < -0.3 is 14.2 Å². The number of carbonyl (C=O) groups is 1. The molecule has 1 aliphatic rings. The van der Waals surface area contributed by atoms with Crippen LogP contribution in [0.1, 0.15) is 35.2 Å². The Bertz CT molecular complexity index is 2320. The summed E-state index contributed by atoms with van der Waals surface area (Å²) >= 11 is 1.29. The van der Waals surface area contributed by atoms with Gasteiger partial charge >= 0.3 is 5.97 Å². The van der Waals surface area contributed by atoms with E-state index in [4.69, 9.17) is 19.2 Å². The molecule has 0 saturated heterocycles. The zero-order valence-corrected chi connectivity index (χ0v) is 27.3. The lowest BCUT2D eigenvalue weighted by molar-refractivity contribution is -0.138. The monoisotopic (exact) mass is 652 g/mol. The van der Waals surface area contributed by atoms with Crippen molar-refractivity contribution in [3.8, 4) is 11.5 Å². The van der Waals surface area contributed by atoms with Crippen molar-refractivity contribution in [1.82, 2.24) is 4.57 Å². The minimum absolute atomic E-state index is 0.186. The van der Waals surface area contributed by atoms with E-state index in [9.17, 15) is 9.59 Å². The molecule has 0 fully saturated rings. The van der Waals surface area contributed by atoms with Crippen molar-refractivity contribution < 1.29 is 19.0 Å². The molecule has 1 aliphatic heterocycles. The second-order valence-corrected chi connectivity index (χ2v) is 12.2. The normalized spacial score (nSPS) is 14.4. The van der Waals surface area contributed by atoms with Crippen molar-refractivity contribution in [1.29, 1.82) is 0 Å². The fourth-order valence-electron chi connectivity index (χ4n) is 5.93. The fraction of sp³-hybridized carbons (Fsp3) is 0.125. The highest BCUT2D eigenvalue weighted by atomic mass is 32.1. The summed E-state index contributed by atoms with van der Waals surface area (Å²) in [5.74, 6) is 0.877. The van der Waals surface area contributed by atoms with Crippen LogP contribution in [0.5, 0.6) is 11.5 Å². The van der Waals surface area contributed by atoms with Crippen molar-refractivity contribution in [3.63, 3.8) is 0 Å². The van der Waals surface area contributed by atoms with Crippen LogP contribution in [0.2, 0.25) is 0 Å². The molecule has 0 amide bonds. The number of fused-ring (bicyclic) bond motifs is 2. The molecular formula is C40H32N2O5S. The van der Waals surface area contributed by atoms with Crippen LogP contribution in [0, 0.1) is 0 Å². The Balaban J connectivity index is 1.27. The van der Waals surface area contributed by atoms with Crippen molar-refractivity contribution in [2.75, 3.05) is 13.7 Å². The third-order valence-corrected chi connectivity index (χ3v) is 9.24. The van der Waals surface area contributed by atoms with E-state index in [-0.39, 0.29) is 12.2 Å². The number of methoxy groups -OCH3 is 1. The van der Waals surface area contributed by atoms with Gasteiger partial charge in [-0.2, -0.15) is 0 Å². The molecular weight excluding hydrogens is 621 g/mol. The van der Waals surface area contributed by atoms with E-state index in [0.29, 0.717) is 33.0 Å². The van der Waals surface area contributed by atoms with Gasteiger partial charge in [0.15, 0.2) is 4.80 Å². The van der Waals surface area contributed by atoms with Gasteiger partial charge in [0.05, 0.1) is 35.6 Å². The van der Waals surface area contributed by atoms with E-state index in [2.05, 4.69) is 24.3 Å². The van der Waals surface area contributed by atoms with Crippen LogP contribution < -0.4 is 24.4 Å². The summed E-state index contributed by atoms with van der Waals surface area (Å²) in [6.07, 6.45) is 1.85. The molecule has 5 aromatic carbocycles. The number of hydrogen-bond donors (Lipinski definition) is 0. The predicted octanol–water partition coefficient (Wildman–Crippen LogP) is 6.68. The molecule has 0 spiro atoms. The summed E-state index contributed by atoms with van der Waals surface area (Å²) in [5.41, 5.74) is 3.99. The van der Waals surface area contributed by atoms with Gasteiger partial charge in [0, 0.05) is 5.56 Å². The molecule has 0 N–H and O–H groups in total. The summed E-state index contributed by atoms with van der Waals surface area (Å²) in [5, 5.41) is 2.34. The van der Waals surface area contributed by atoms with Gasteiger partial charge in [0.25, 0.3) is 5.56 Å². The van der Waals surface area contributed by atoms with E-state index < -0.39 is 12.0 Å². The molecule has 7 rings (SSSR count). The lowest BCUT2D eigenvalue weighted by Crippen LogP contribution is -2.40. The Morgan fingerprint density at radius 3 is 2.31 bits per heavy atom. The first-order valence-electron chi connectivity index (χ1n) is 15.7. The van der Waals surface area contributed by atoms with Gasteiger partial charge in [-0.3, -0.25) is 9.36 Å². The summed E-state index contributed by atoms with van der Waals surface area (Å²) in [6, 6.07) is 38.3. The minimum atomic E-state index is -0.756. The standard InChI is InChI=1S/C40H32N2O5S/c1-3-46-39(44)35-36(28-11-5-4-6-12-28)41-40-42(37(35)29-18-22-31(45-2)23-19-29)38(43)34(48-40)24-26-16-20-32(21-17-26)47-25-30-14-9-13-27-10-7-8-15-33(27)30/h4-24,37H,3,25H2,1-2H3/b34-24-/t37-/m1/s1. The third-order valence-electron chi connectivity index (χ3n) is 8.26. The maximum atomic E-state index is 14.2. The SMILES string of the molecule is CCOC(=O)C1=C(c2ccccc2)N=c2s/c(=C\c3ccc(OCc4cccc5ccccc45)cc3)c(=O)n2[C@@H]1c1ccc(OC)cc1. The van der Waals surface area contributed by atoms with E-state index in [0.717, 1.165) is 28.0 Å². The van der Waals surface area contributed by atoms with Crippen LogP contribution in [-0.2, 0) is 16.1 Å². The zero-order valence-electron chi connectivity index (χ0n) is 26.5. The Labute approximate surface area is 281 Å². The summed E-state index contributed by atoms with van der Waals surface area (Å²) in [7, 11) is 1.60. The highest BCUT2D eigenvalue weighted by molar-refractivity contribution is 7.07. The molecule has 0 aliphatic carbocycles. The minimum Gasteiger partial charge on any atom is -0.497 e. The van der Waals surface area contributed by atoms with E-state index in [1.807, 2.05) is 103 Å². The Morgan fingerprint density at radius 1 is 0.854 bits per heavy atom. The quantitative estimate of drug-likeness (QED) is 0.163. The van der Waals surface area contributed by atoms with Gasteiger partial charge in [0.1, 0.15) is 18.1 Å². The van der Waals surface area contributed by atoms with Gasteiger partial charge in [-0.25, -0.2) is 9.79 Å². The first-order valence-corrected chi connectivity index (χ1v) is 16.5. The third kappa shape index (κ3) is 6.06. The first-order chi connectivity index (χ1) is 23.5. The highest BCUT2D eigenvalue weighted by Crippen LogP contribution is 2.35.